The van der Waals surface area contributed by atoms with Crippen LogP contribution >= 0.6 is 0 Å². The first-order chi connectivity index (χ1) is 14.7. The van der Waals surface area contributed by atoms with Crippen LogP contribution in [0.2, 0.25) is 0 Å². The van der Waals surface area contributed by atoms with Crippen LogP contribution in [0.25, 0.3) is 5.52 Å². The first-order valence-corrected chi connectivity index (χ1v) is 11.5. The minimum absolute atomic E-state index is 0.112. The van der Waals surface area contributed by atoms with Crippen molar-refractivity contribution in [3.63, 3.8) is 0 Å². The fourth-order valence-electron chi connectivity index (χ4n) is 3.84. The van der Waals surface area contributed by atoms with Gasteiger partial charge >= 0.3 is 0 Å². The van der Waals surface area contributed by atoms with Gasteiger partial charge in [-0.3, -0.25) is 4.79 Å². The van der Waals surface area contributed by atoms with E-state index in [1.165, 1.54) is 36.7 Å². The minimum Gasteiger partial charge on any atom is -0.362 e. The molecule has 3 heterocycles. The molecule has 3 aromatic rings. The van der Waals surface area contributed by atoms with Gasteiger partial charge in [0.2, 0.25) is 10.0 Å². The lowest BCUT2D eigenvalue weighted by Gasteiger charge is -2.28. The molecule has 0 aliphatic carbocycles. The van der Waals surface area contributed by atoms with Crippen molar-refractivity contribution < 1.29 is 22.0 Å². The topological polar surface area (TPSA) is 83.8 Å². The maximum atomic E-state index is 15.6. The molecule has 31 heavy (non-hydrogen) atoms. The molecule has 1 amide bonds. The number of aromatic nitrogens is 2. The van der Waals surface area contributed by atoms with Crippen LogP contribution in [-0.2, 0) is 10.0 Å². The van der Waals surface area contributed by atoms with Gasteiger partial charge < -0.3 is 4.90 Å². The zero-order valence-corrected chi connectivity index (χ0v) is 17.9. The molecule has 164 valence electrons. The Morgan fingerprint density at radius 1 is 1.26 bits per heavy atom. The van der Waals surface area contributed by atoms with E-state index < -0.39 is 27.0 Å². The van der Waals surface area contributed by atoms with E-state index >= 15 is 4.39 Å². The molecule has 7 nitrogen and oxygen atoms in total. The van der Waals surface area contributed by atoms with Gasteiger partial charge in [-0.2, -0.15) is 5.10 Å². The van der Waals surface area contributed by atoms with Crippen molar-refractivity contribution >= 4 is 27.1 Å². The van der Waals surface area contributed by atoms with Gasteiger partial charge in [-0.05, 0) is 50.5 Å². The Hall–Kier alpha value is -3.01. The van der Waals surface area contributed by atoms with Crippen LogP contribution in [0.1, 0.15) is 48.7 Å². The summed E-state index contributed by atoms with van der Waals surface area (Å²) < 4.78 is 56.7. The van der Waals surface area contributed by atoms with Crippen LogP contribution in [0.15, 0.2) is 42.7 Å². The Bertz CT molecular complexity index is 1260. The zero-order chi connectivity index (χ0) is 22.3. The summed E-state index contributed by atoms with van der Waals surface area (Å²) in [5.41, 5.74) is 0.704. The summed E-state index contributed by atoms with van der Waals surface area (Å²) in [6, 6.07) is 7.56. The summed E-state index contributed by atoms with van der Waals surface area (Å²) in [5.74, 6) is -1.99. The smallest absolute Gasteiger partial charge is 0.268 e. The largest absolute Gasteiger partial charge is 0.362 e. The van der Waals surface area contributed by atoms with Crippen LogP contribution in [0.5, 0.6) is 0 Å². The number of amides is 1. The summed E-state index contributed by atoms with van der Waals surface area (Å²) in [6.07, 6.45) is 4.18. The van der Waals surface area contributed by atoms with Crippen LogP contribution in [0.3, 0.4) is 0 Å². The number of sulfonamides is 1. The molecule has 2 aromatic heterocycles. The average Bonchev–Trinajstić information content (AvgIpc) is 3.35. The number of rotatable bonds is 5. The molecule has 0 spiro atoms. The summed E-state index contributed by atoms with van der Waals surface area (Å²) >= 11 is 0. The molecule has 1 atom stereocenters. The minimum atomic E-state index is -3.88. The van der Waals surface area contributed by atoms with E-state index in [1.54, 1.807) is 18.2 Å². The quantitative estimate of drug-likeness (QED) is 0.647. The predicted molar refractivity (Wildman–Crippen MR) is 112 cm³/mol. The van der Waals surface area contributed by atoms with Gasteiger partial charge in [-0.1, -0.05) is 12.1 Å². The molecule has 1 fully saturated rings. The highest BCUT2D eigenvalue weighted by atomic mass is 32.2. The highest BCUT2D eigenvalue weighted by Gasteiger charge is 2.31. The average molecular weight is 448 g/mol. The first-order valence-electron chi connectivity index (χ1n) is 9.93. The molecule has 1 aromatic carbocycles. The maximum absolute atomic E-state index is 15.6. The number of nitrogens with zero attached hydrogens (tertiary/aromatic N) is 3. The Morgan fingerprint density at radius 3 is 2.74 bits per heavy atom. The summed E-state index contributed by atoms with van der Waals surface area (Å²) in [4.78, 5) is 14.4. The van der Waals surface area contributed by atoms with E-state index in [9.17, 15) is 17.6 Å². The maximum Gasteiger partial charge on any atom is 0.268 e. The number of benzene rings is 1. The second kappa shape index (κ2) is 7.92. The van der Waals surface area contributed by atoms with Gasteiger partial charge in [0, 0.05) is 12.7 Å². The Morgan fingerprint density at radius 2 is 2.03 bits per heavy atom. The second-order valence-corrected chi connectivity index (χ2v) is 10.0. The lowest BCUT2D eigenvalue weighted by molar-refractivity contribution is 0.0982. The number of carbonyl (C=O) groups is 1. The molecular formula is C21H22F2N4O3S. The number of pyridine rings is 1. The van der Waals surface area contributed by atoms with Crippen LogP contribution in [-0.4, -0.2) is 35.7 Å². The van der Waals surface area contributed by atoms with E-state index in [0.717, 1.165) is 24.6 Å². The van der Waals surface area contributed by atoms with E-state index in [2.05, 4.69) is 5.10 Å². The molecular weight excluding hydrogens is 426 g/mol. The highest BCUT2D eigenvalue weighted by molar-refractivity contribution is 7.90. The van der Waals surface area contributed by atoms with E-state index in [0.29, 0.717) is 6.54 Å². The molecule has 0 bridgehead atoms. The molecule has 1 unspecified atom stereocenters. The Kier molecular flexibility index (Phi) is 5.42. The van der Waals surface area contributed by atoms with Crippen molar-refractivity contribution in [3.05, 3.63) is 65.5 Å². The molecule has 4 rings (SSSR count). The number of fused-ring (bicyclic) bond motifs is 1. The zero-order valence-electron chi connectivity index (χ0n) is 17.0. The van der Waals surface area contributed by atoms with Crippen molar-refractivity contribution in [1.82, 2.24) is 14.3 Å². The number of anilines is 1. The molecule has 10 heteroatoms. The van der Waals surface area contributed by atoms with Crippen LogP contribution in [0.4, 0.5) is 14.5 Å². The van der Waals surface area contributed by atoms with Gasteiger partial charge in [0.05, 0.1) is 28.7 Å². The molecule has 0 saturated carbocycles. The van der Waals surface area contributed by atoms with Crippen LogP contribution in [0, 0.1) is 11.6 Å². The summed E-state index contributed by atoms with van der Waals surface area (Å²) in [6.45, 7) is 3.43. The SMILES string of the molecule is CC(C)S(=O)(=O)NC(=O)c1cnn2ccc(N3CCCC3c3cccc(F)c3)c(F)c12. The number of carbonyl (C=O) groups excluding carboxylic acids is 1. The number of halogens is 2. The van der Waals surface area contributed by atoms with E-state index in [4.69, 9.17) is 0 Å². The number of hydrogen-bond acceptors (Lipinski definition) is 5. The van der Waals surface area contributed by atoms with Crippen molar-refractivity contribution in [2.45, 2.75) is 38.0 Å². The van der Waals surface area contributed by atoms with Gasteiger partial charge in [-0.15, -0.1) is 0 Å². The third-order valence-corrected chi connectivity index (χ3v) is 7.21. The lowest BCUT2D eigenvalue weighted by Crippen LogP contribution is -2.35. The molecule has 0 radical (unpaired) electrons. The molecule has 1 aliphatic rings. The second-order valence-electron chi connectivity index (χ2n) is 7.80. The normalized spacial score (nSPS) is 16.9. The number of nitrogens with one attached hydrogen (secondary N) is 1. The Labute approximate surface area is 178 Å². The van der Waals surface area contributed by atoms with Crippen molar-refractivity contribution in [3.8, 4) is 0 Å². The van der Waals surface area contributed by atoms with E-state index in [-0.39, 0.29) is 28.6 Å². The fourth-order valence-corrected chi connectivity index (χ4v) is 4.44. The highest BCUT2D eigenvalue weighted by Crippen LogP contribution is 2.38. The monoisotopic (exact) mass is 448 g/mol. The van der Waals surface area contributed by atoms with E-state index in [1.807, 2.05) is 9.62 Å². The van der Waals surface area contributed by atoms with Crippen molar-refractivity contribution in [1.29, 1.82) is 0 Å². The third-order valence-electron chi connectivity index (χ3n) is 5.50. The Balaban J connectivity index is 1.74. The standard InChI is InChI=1S/C21H22F2N4O3S/c1-13(2)31(29,30)25-21(28)16-12-24-27-10-8-18(19(23)20(16)27)26-9-4-7-17(26)14-5-3-6-15(22)11-14/h3,5-6,8,10-13,17H,4,7,9H2,1-2H3,(H,25,28). The molecule has 1 saturated heterocycles. The van der Waals surface area contributed by atoms with Crippen molar-refractivity contribution in [2.24, 2.45) is 0 Å². The predicted octanol–water partition coefficient (Wildman–Crippen LogP) is 3.42. The lowest BCUT2D eigenvalue weighted by atomic mass is 10.0. The van der Waals surface area contributed by atoms with Gasteiger partial charge in [0.15, 0.2) is 5.82 Å². The van der Waals surface area contributed by atoms with Gasteiger partial charge in [-0.25, -0.2) is 26.4 Å². The van der Waals surface area contributed by atoms with Gasteiger partial charge in [0.1, 0.15) is 11.3 Å². The third kappa shape index (κ3) is 3.87. The van der Waals surface area contributed by atoms with Gasteiger partial charge in [0.25, 0.3) is 5.91 Å². The number of hydrogen-bond donors (Lipinski definition) is 1. The molecule has 1 aliphatic heterocycles. The molecule has 1 N–H and O–H groups in total. The van der Waals surface area contributed by atoms with Crippen molar-refractivity contribution in [2.75, 3.05) is 11.4 Å². The van der Waals surface area contributed by atoms with Crippen LogP contribution < -0.4 is 9.62 Å². The summed E-state index contributed by atoms with van der Waals surface area (Å²) in [7, 11) is -3.88. The first kappa shape index (κ1) is 21.2. The summed E-state index contributed by atoms with van der Waals surface area (Å²) in [5, 5.41) is 3.16. The fraction of sp³-hybridized carbons (Fsp3) is 0.333.